The molecule has 54 heavy (non-hydrogen) atoms. The molecule has 6 rings (SSSR count). The van der Waals surface area contributed by atoms with E-state index in [0.717, 1.165) is 11.1 Å². The number of carbonyl (C=O) groups excluding carboxylic acids is 4. The number of aromatic hydroxyl groups is 2. The van der Waals surface area contributed by atoms with Crippen molar-refractivity contribution in [2.24, 2.45) is 0 Å². The lowest BCUT2D eigenvalue weighted by Crippen LogP contribution is -2.12. The van der Waals surface area contributed by atoms with Gasteiger partial charge < -0.3 is 39.2 Å². The van der Waals surface area contributed by atoms with Gasteiger partial charge in [0.25, 0.3) is 5.91 Å². The van der Waals surface area contributed by atoms with Crippen LogP contribution in [0.4, 0.5) is 5.69 Å². The lowest BCUT2D eigenvalue weighted by Gasteiger charge is -2.10. The number of anilines is 1. The van der Waals surface area contributed by atoms with Crippen molar-refractivity contribution in [3.63, 3.8) is 0 Å². The van der Waals surface area contributed by atoms with E-state index in [0.29, 0.717) is 28.5 Å². The number of hydrogen-bond donors (Lipinski definition) is 3. The zero-order chi connectivity index (χ0) is 38.2. The van der Waals surface area contributed by atoms with Crippen LogP contribution < -0.4 is 29.0 Å². The maximum absolute atomic E-state index is 12.9. The summed E-state index contributed by atoms with van der Waals surface area (Å²) in [5.41, 5.74) is 2.75. The number of methoxy groups -OCH3 is 2. The Hall–Kier alpha value is -7.60. The van der Waals surface area contributed by atoms with Crippen LogP contribution in [0.1, 0.15) is 41.4 Å². The first kappa shape index (κ1) is 36.2. The Kier molecular flexibility index (Phi) is 10.8. The van der Waals surface area contributed by atoms with Gasteiger partial charge in [-0.2, -0.15) is 0 Å². The smallest absolute Gasteiger partial charge is 0.347 e. The number of phenolic OH excluding ortho intramolecular Hbond substituents is 2. The quantitative estimate of drug-likeness (QED) is 0.0885. The molecule has 0 aliphatic rings. The molecule has 0 unspecified atom stereocenters. The van der Waals surface area contributed by atoms with Crippen LogP contribution in [-0.4, -0.2) is 48.2 Å². The van der Waals surface area contributed by atoms with Crippen LogP contribution in [0.3, 0.4) is 0 Å². The number of rotatable bonds is 11. The Bertz CT molecular complexity index is 2150. The second-order valence-corrected chi connectivity index (χ2v) is 11.5. The summed E-state index contributed by atoms with van der Waals surface area (Å²) < 4.78 is 26.2. The van der Waals surface area contributed by atoms with Gasteiger partial charge in [-0.05, 0) is 108 Å². The molecular weight excluding hydrogens is 694 g/mol. The van der Waals surface area contributed by atoms with Crippen LogP contribution in [0.15, 0.2) is 133 Å². The third-order valence-corrected chi connectivity index (χ3v) is 8.02. The van der Waals surface area contributed by atoms with Crippen molar-refractivity contribution >= 4 is 29.5 Å². The Morgan fingerprint density at radius 1 is 0.444 bits per heavy atom. The molecule has 0 fully saturated rings. The van der Waals surface area contributed by atoms with E-state index in [4.69, 9.17) is 23.7 Å². The molecule has 12 nitrogen and oxygen atoms in total. The summed E-state index contributed by atoms with van der Waals surface area (Å²) in [6.45, 7) is 0. The van der Waals surface area contributed by atoms with E-state index < -0.39 is 17.9 Å². The molecule has 0 aliphatic carbocycles. The third kappa shape index (κ3) is 8.64. The number of carbonyl (C=O) groups is 4. The molecule has 0 saturated heterocycles. The summed E-state index contributed by atoms with van der Waals surface area (Å²) in [4.78, 5) is 50.6. The molecule has 0 aliphatic heterocycles. The van der Waals surface area contributed by atoms with Crippen LogP contribution in [0.25, 0.3) is 11.1 Å². The molecule has 0 spiro atoms. The molecule has 0 radical (unpaired) electrons. The topological polar surface area (TPSA) is 167 Å². The molecule has 6 aromatic carbocycles. The number of phenols is 2. The maximum Gasteiger partial charge on any atom is 0.347 e. The van der Waals surface area contributed by atoms with Gasteiger partial charge in [0.2, 0.25) is 0 Å². The van der Waals surface area contributed by atoms with Crippen molar-refractivity contribution < 1.29 is 53.1 Å². The third-order valence-electron chi connectivity index (χ3n) is 8.02. The van der Waals surface area contributed by atoms with Crippen LogP contribution in [-0.2, 0) is 0 Å². The molecule has 0 bridgehead atoms. The fourth-order valence-electron chi connectivity index (χ4n) is 5.11. The van der Waals surface area contributed by atoms with Crippen molar-refractivity contribution in [2.45, 2.75) is 0 Å². The second kappa shape index (κ2) is 16.2. The fourth-order valence-corrected chi connectivity index (χ4v) is 5.11. The maximum atomic E-state index is 12.9. The van der Waals surface area contributed by atoms with Gasteiger partial charge in [-0.25, -0.2) is 14.4 Å². The van der Waals surface area contributed by atoms with E-state index in [2.05, 4.69) is 5.32 Å². The minimum Gasteiger partial charge on any atom is -0.507 e. The zero-order valence-corrected chi connectivity index (χ0v) is 28.8. The number of ether oxygens (including phenoxy) is 5. The van der Waals surface area contributed by atoms with E-state index in [1.165, 1.54) is 99.1 Å². The van der Waals surface area contributed by atoms with Crippen molar-refractivity contribution in [1.82, 2.24) is 0 Å². The molecule has 270 valence electrons. The van der Waals surface area contributed by atoms with Crippen LogP contribution >= 0.6 is 0 Å². The van der Waals surface area contributed by atoms with E-state index >= 15 is 0 Å². The highest BCUT2D eigenvalue weighted by atomic mass is 16.5. The standard InChI is InChI=1S/C42H31NO11/c1-50-33-19-21-35(37(44)23-33)41(48)53-31-15-7-27(8-16-31)39(46)43-29-11-3-25(4-12-29)26-5-13-30(14-6-26)52-40(47)28-9-17-32(18-10-28)54-42(49)36-22-20-34(51-2)24-38(36)45/h3-24,44-45H,1-2H3,(H,43,46). The van der Waals surface area contributed by atoms with Crippen molar-refractivity contribution in [3.8, 4) is 51.4 Å². The molecule has 0 aromatic heterocycles. The van der Waals surface area contributed by atoms with Gasteiger partial charge in [0.15, 0.2) is 0 Å². The van der Waals surface area contributed by atoms with Gasteiger partial charge in [-0.1, -0.05) is 24.3 Å². The van der Waals surface area contributed by atoms with E-state index in [1.54, 1.807) is 36.4 Å². The number of hydrogen-bond acceptors (Lipinski definition) is 11. The van der Waals surface area contributed by atoms with Gasteiger partial charge in [0.05, 0.1) is 19.8 Å². The number of esters is 3. The lowest BCUT2D eigenvalue weighted by atomic mass is 10.1. The average Bonchev–Trinajstić information content (AvgIpc) is 3.18. The number of benzene rings is 6. The number of amides is 1. The molecule has 12 heteroatoms. The highest BCUT2D eigenvalue weighted by Gasteiger charge is 2.17. The Labute approximate surface area is 308 Å². The predicted octanol–water partition coefficient (Wildman–Crippen LogP) is 7.69. The lowest BCUT2D eigenvalue weighted by molar-refractivity contribution is 0.0720. The SMILES string of the molecule is COc1ccc(C(=O)Oc2ccc(C(=O)Nc3ccc(-c4ccc(OC(=O)c5ccc(OC(=O)c6ccc(OC)cc6O)cc5)cc4)cc3)cc2)c(O)c1. The normalized spacial score (nSPS) is 10.5. The summed E-state index contributed by atoms with van der Waals surface area (Å²) in [6.07, 6.45) is 0. The summed E-state index contributed by atoms with van der Waals surface area (Å²) in [7, 11) is 2.88. The van der Waals surface area contributed by atoms with Crippen LogP contribution in [0.2, 0.25) is 0 Å². The summed E-state index contributed by atoms with van der Waals surface area (Å²) in [5, 5.41) is 23.0. The summed E-state index contributed by atoms with van der Waals surface area (Å²) >= 11 is 0. The molecule has 0 atom stereocenters. The largest absolute Gasteiger partial charge is 0.507 e. The minimum atomic E-state index is -0.774. The first-order valence-corrected chi connectivity index (χ1v) is 16.2. The Morgan fingerprint density at radius 3 is 1.24 bits per heavy atom. The fraction of sp³-hybridized carbons (Fsp3) is 0.0476. The molecular formula is C42H31NO11. The highest BCUT2D eigenvalue weighted by Crippen LogP contribution is 2.28. The summed E-state index contributed by atoms with van der Waals surface area (Å²) in [6, 6.07) is 34.3. The van der Waals surface area contributed by atoms with E-state index in [9.17, 15) is 29.4 Å². The first-order valence-electron chi connectivity index (χ1n) is 16.2. The van der Waals surface area contributed by atoms with E-state index in [1.807, 2.05) is 12.1 Å². The Morgan fingerprint density at radius 2 is 0.815 bits per heavy atom. The zero-order valence-electron chi connectivity index (χ0n) is 28.8. The molecule has 6 aromatic rings. The van der Waals surface area contributed by atoms with Crippen molar-refractivity contribution in [2.75, 3.05) is 19.5 Å². The predicted molar refractivity (Wildman–Crippen MR) is 197 cm³/mol. The van der Waals surface area contributed by atoms with Crippen LogP contribution in [0, 0.1) is 0 Å². The van der Waals surface area contributed by atoms with Crippen molar-refractivity contribution in [1.29, 1.82) is 0 Å². The van der Waals surface area contributed by atoms with Gasteiger partial charge in [0, 0.05) is 23.4 Å². The monoisotopic (exact) mass is 725 g/mol. The second-order valence-electron chi connectivity index (χ2n) is 11.5. The molecule has 0 saturated carbocycles. The molecule has 1 amide bonds. The van der Waals surface area contributed by atoms with Crippen molar-refractivity contribution in [3.05, 3.63) is 156 Å². The Balaban J connectivity index is 0.993. The minimum absolute atomic E-state index is 0.0303. The number of nitrogens with one attached hydrogen (secondary N) is 1. The van der Waals surface area contributed by atoms with Gasteiger partial charge in [-0.3, -0.25) is 4.79 Å². The summed E-state index contributed by atoms with van der Waals surface area (Å²) in [5.74, 6) is -1.62. The van der Waals surface area contributed by atoms with Crippen LogP contribution in [0.5, 0.6) is 40.2 Å². The molecule has 3 N–H and O–H groups in total. The molecule has 0 heterocycles. The van der Waals surface area contributed by atoms with Gasteiger partial charge in [0.1, 0.15) is 51.4 Å². The van der Waals surface area contributed by atoms with E-state index in [-0.39, 0.29) is 45.6 Å². The van der Waals surface area contributed by atoms with Gasteiger partial charge in [-0.15, -0.1) is 0 Å². The van der Waals surface area contributed by atoms with Gasteiger partial charge >= 0.3 is 17.9 Å². The average molecular weight is 726 g/mol. The first-order chi connectivity index (χ1) is 26.1. The highest BCUT2D eigenvalue weighted by molar-refractivity contribution is 6.04.